The number of hydrogen-bond acceptors (Lipinski definition) is 3. The van der Waals surface area contributed by atoms with Gasteiger partial charge in [-0.25, -0.2) is 17.2 Å². The summed E-state index contributed by atoms with van der Waals surface area (Å²) in [6, 6.07) is 1.60. The molecule has 0 radical (unpaired) electrons. The summed E-state index contributed by atoms with van der Waals surface area (Å²) in [5, 5.41) is 9.00. The topological polar surface area (TPSA) is 57.6 Å². The van der Waals surface area contributed by atoms with E-state index in [0.717, 1.165) is 42.1 Å². The van der Waals surface area contributed by atoms with Crippen molar-refractivity contribution in [2.45, 2.75) is 43.2 Å². The van der Waals surface area contributed by atoms with Crippen molar-refractivity contribution < 1.29 is 22.3 Å². The van der Waals surface area contributed by atoms with Crippen LogP contribution in [0.25, 0.3) is 0 Å². The normalized spacial score (nSPS) is 17.1. The van der Waals surface area contributed by atoms with E-state index in [1.165, 1.54) is 7.05 Å². The standard InChI is InChI=1S/C13H17F2NO3S/c1-16(10-4-2-3-5-10)20(18,19)12-7-9(8-17)6-11(14)13(12)15/h6-7,10,17H,2-5,8H2,1H3. The minimum Gasteiger partial charge on any atom is -0.392 e. The number of sulfonamides is 1. The Bertz CT molecular complexity index is 598. The third-order valence-electron chi connectivity index (χ3n) is 3.73. The van der Waals surface area contributed by atoms with Crippen molar-refractivity contribution in [2.24, 2.45) is 0 Å². The highest BCUT2D eigenvalue weighted by Crippen LogP contribution is 2.29. The molecular formula is C13H17F2NO3S. The molecule has 4 nitrogen and oxygen atoms in total. The second kappa shape index (κ2) is 5.75. The van der Waals surface area contributed by atoms with Crippen molar-refractivity contribution in [1.29, 1.82) is 0 Å². The third-order valence-corrected chi connectivity index (χ3v) is 5.64. The highest BCUT2D eigenvalue weighted by atomic mass is 32.2. The monoisotopic (exact) mass is 305 g/mol. The smallest absolute Gasteiger partial charge is 0.246 e. The van der Waals surface area contributed by atoms with Gasteiger partial charge in [0.05, 0.1) is 6.61 Å². The number of benzene rings is 1. The zero-order valence-electron chi connectivity index (χ0n) is 11.1. The fourth-order valence-corrected chi connectivity index (χ4v) is 4.05. The van der Waals surface area contributed by atoms with Crippen LogP contribution in [0, 0.1) is 11.6 Å². The Morgan fingerprint density at radius 1 is 1.30 bits per heavy atom. The molecule has 1 aliphatic carbocycles. The van der Waals surface area contributed by atoms with Gasteiger partial charge in [0.1, 0.15) is 4.90 Å². The molecule has 2 rings (SSSR count). The van der Waals surface area contributed by atoms with E-state index in [9.17, 15) is 17.2 Å². The SMILES string of the molecule is CN(C1CCCC1)S(=O)(=O)c1cc(CO)cc(F)c1F. The lowest BCUT2D eigenvalue weighted by Crippen LogP contribution is -2.35. The predicted molar refractivity (Wildman–Crippen MR) is 69.5 cm³/mol. The molecule has 7 heteroatoms. The van der Waals surface area contributed by atoms with Crippen LogP contribution in [0.2, 0.25) is 0 Å². The maximum Gasteiger partial charge on any atom is 0.246 e. The Morgan fingerprint density at radius 3 is 2.45 bits per heavy atom. The number of halogens is 2. The second-order valence-corrected chi connectivity index (χ2v) is 6.97. The van der Waals surface area contributed by atoms with E-state index in [-0.39, 0.29) is 11.6 Å². The van der Waals surface area contributed by atoms with Crippen molar-refractivity contribution in [3.05, 3.63) is 29.3 Å². The molecule has 20 heavy (non-hydrogen) atoms. The van der Waals surface area contributed by atoms with Gasteiger partial charge in [-0.1, -0.05) is 12.8 Å². The molecule has 0 atom stereocenters. The minimum absolute atomic E-state index is 0.0299. The molecule has 0 aliphatic heterocycles. The van der Waals surface area contributed by atoms with E-state index >= 15 is 0 Å². The van der Waals surface area contributed by atoms with Gasteiger partial charge >= 0.3 is 0 Å². The number of aliphatic hydroxyl groups excluding tert-OH is 1. The van der Waals surface area contributed by atoms with Crippen molar-refractivity contribution in [3.8, 4) is 0 Å². The fourth-order valence-electron chi connectivity index (χ4n) is 2.52. The summed E-state index contributed by atoms with van der Waals surface area (Å²) in [5.41, 5.74) is 0.0299. The average molecular weight is 305 g/mol. The molecule has 0 bridgehead atoms. The number of aliphatic hydroxyl groups is 1. The van der Waals surface area contributed by atoms with Crippen molar-refractivity contribution in [1.82, 2.24) is 4.31 Å². The lowest BCUT2D eigenvalue weighted by Gasteiger charge is -2.24. The lowest BCUT2D eigenvalue weighted by molar-refractivity contribution is 0.280. The van der Waals surface area contributed by atoms with Crippen LogP contribution in [0.3, 0.4) is 0 Å². The molecular weight excluding hydrogens is 288 g/mol. The molecule has 1 aliphatic rings. The van der Waals surface area contributed by atoms with Gasteiger partial charge in [-0.05, 0) is 30.5 Å². The molecule has 0 unspecified atom stereocenters. The zero-order valence-corrected chi connectivity index (χ0v) is 12.0. The highest BCUT2D eigenvalue weighted by Gasteiger charge is 2.33. The summed E-state index contributed by atoms with van der Waals surface area (Å²) in [4.78, 5) is -0.712. The number of nitrogens with zero attached hydrogens (tertiary/aromatic N) is 1. The molecule has 1 N–H and O–H groups in total. The molecule has 1 fully saturated rings. The van der Waals surface area contributed by atoms with Gasteiger partial charge in [0.2, 0.25) is 10.0 Å². The first-order valence-electron chi connectivity index (χ1n) is 6.44. The zero-order chi connectivity index (χ0) is 14.9. The molecule has 112 valence electrons. The van der Waals surface area contributed by atoms with Crippen LogP contribution >= 0.6 is 0 Å². The van der Waals surface area contributed by atoms with E-state index in [0.29, 0.717) is 0 Å². The summed E-state index contributed by atoms with van der Waals surface area (Å²) in [6.45, 7) is -0.549. The Morgan fingerprint density at radius 2 is 1.90 bits per heavy atom. The van der Waals surface area contributed by atoms with Crippen LogP contribution < -0.4 is 0 Å². The molecule has 1 saturated carbocycles. The molecule has 0 saturated heterocycles. The first kappa shape index (κ1) is 15.3. The van der Waals surface area contributed by atoms with Gasteiger partial charge in [0.25, 0.3) is 0 Å². The van der Waals surface area contributed by atoms with Crippen LogP contribution in [-0.2, 0) is 16.6 Å². The van der Waals surface area contributed by atoms with Gasteiger partial charge < -0.3 is 5.11 Å². The van der Waals surface area contributed by atoms with Crippen LogP contribution in [0.1, 0.15) is 31.2 Å². The summed E-state index contributed by atoms with van der Waals surface area (Å²) in [7, 11) is -2.72. The van der Waals surface area contributed by atoms with E-state index in [1.54, 1.807) is 0 Å². The number of rotatable bonds is 4. The van der Waals surface area contributed by atoms with Crippen LogP contribution in [0.4, 0.5) is 8.78 Å². The van der Waals surface area contributed by atoms with Gasteiger partial charge in [-0.15, -0.1) is 0 Å². The van der Waals surface area contributed by atoms with E-state index < -0.39 is 33.2 Å². The van der Waals surface area contributed by atoms with Gasteiger partial charge in [0.15, 0.2) is 11.6 Å². The summed E-state index contributed by atoms with van der Waals surface area (Å²) in [6.07, 6.45) is 3.30. The largest absolute Gasteiger partial charge is 0.392 e. The highest BCUT2D eigenvalue weighted by molar-refractivity contribution is 7.89. The molecule has 0 amide bonds. The second-order valence-electron chi connectivity index (χ2n) is 5.01. The number of hydrogen-bond donors (Lipinski definition) is 1. The van der Waals surface area contributed by atoms with E-state index in [4.69, 9.17) is 5.11 Å². The molecule has 0 spiro atoms. The first-order chi connectivity index (χ1) is 9.37. The molecule has 0 aromatic heterocycles. The predicted octanol–water partition coefficient (Wildman–Crippen LogP) is 2.02. The Hall–Kier alpha value is -1.05. The van der Waals surface area contributed by atoms with Gasteiger partial charge in [-0.2, -0.15) is 4.31 Å². The lowest BCUT2D eigenvalue weighted by atomic mass is 10.2. The van der Waals surface area contributed by atoms with E-state index in [2.05, 4.69) is 0 Å². The first-order valence-corrected chi connectivity index (χ1v) is 7.88. The summed E-state index contributed by atoms with van der Waals surface area (Å²) < 4.78 is 53.1. The third kappa shape index (κ3) is 2.70. The average Bonchev–Trinajstić information content (AvgIpc) is 2.94. The quantitative estimate of drug-likeness (QED) is 0.926. The summed E-state index contributed by atoms with van der Waals surface area (Å²) in [5.74, 6) is -2.66. The van der Waals surface area contributed by atoms with Crippen LogP contribution in [-0.4, -0.2) is 30.9 Å². The summed E-state index contributed by atoms with van der Waals surface area (Å²) >= 11 is 0. The maximum atomic E-state index is 13.8. The Kier molecular flexibility index (Phi) is 4.41. The van der Waals surface area contributed by atoms with Crippen molar-refractivity contribution in [3.63, 3.8) is 0 Å². The van der Waals surface area contributed by atoms with Gasteiger partial charge in [0, 0.05) is 13.1 Å². The van der Waals surface area contributed by atoms with E-state index in [1.807, 2.05) is 0 Å². The Labute approximate surface area is 117 Å². The fraction of sp³-hybridized carbons (Fsp3) is 0.538. The maximum absolute atomic E-state index is 13.8. The Balaban J connectivity index is 2.45. The van der Waals surface area contributed by atoms with Crippen molar-refractivity contribution in [2.75, 3.05) is 7.05 Å². The minimum atomic E-state index is -4.10. The van der Waals surface area contributed by atoms with Gasteiger partial charge in [-0.3, -0.25) is 0 Å². The van der Waals surface area contributed by atoms with Crippen LogP contribution in [0.15, 0.2) is 17.0 Å². The van der Waals surface area contributed by atoms with Crippen molar-refractivity contribution >= 4 is 10.0 Å². The molecule has 1 aromatic carbocycles. The van der Waals surface area contributed by atoms with Crippen LogP contribution in [0.5, 0.6) is 0 Å². The molecule has 0 heterocycles. The molecule has 1 aromatic rings.